The Morgan fingerprint density at radius 1 is 1.46 bits per heavy atom. The number of alkyl halides is 1. The van der Waals surface area contributed by atoms with Crippen LogP contribution in [0.5, 0.6) is 0 Å². The monoisotopic (exact) mass is 365 g/mol. The van der Waals surface area contributed by atoms with Gasteiger partial charge in [0.05, 0.1) is 11.6 Å². The molecule has 0 aliphatic heterocycles. The summed E-state index contributed by atoms with van der Waals surface area (Å²) < 4.78 is 3.72. The van der Waals surface area contributed by atoms with Crippen LogP contribution >= 0.6 is 22.9 Å². The first kappa shape index (κ1) is 18.4. The fourth-order valence-corrected chi connectivity index (χ4v) is 3.63. The first-order chi connectivity index (χ1) is 11.5. The summed E-state index contributed by atoms with van der Waals surface area (Å²) in [5, 5.41) is 14.5. The fourth-order valence-electron chi connectivity index (χ4n) is 2.36. The molecule has 8 heteroatoms. The van der Waals surface area contributed by atoms with E-state index in [4.69, 9.17) is 17.0 Å². The molecule has 3 rings (SSSR count). The second-order valence-electron chi connectivity index (χ2n) is 5.19. The summed E-state index contributed by atoms with van der Waals surface area (Å²) in [5.74, 6) is 0.458. The minimum absolute atomic E-state index is 0.458. The number of hydrogen-bond donors (Lipinski definition) is 2. The normalized spacial score (nSPS) is 10.5. The van der Waals surface area contributed by atoms with Crippen molar-refractivity contribution >= 4 is 40.3 Å². The van der Waals surface area contributed by atoms with Crippen molar-refractivity contribution < 1.29 is 4.79 Å². The average Bonchev–Trinajstić information content (AvgIpc) is 3.24. The zero-order valence-electron chi connectivity index (χ0n) is 13.8. The Morgan fingerprint density at radius 2 is 2.21 bits per heavy atom. The van der Waals surface area contributed by atoms with Crippen LogP contribution in [0.15, 0.2) is 18.5 Å². The molecule has 0 spiro atoms. The molecule has 0 atom stereocenters. The molecule has 24 heavy (non-hydrogen) atoms. The predicted octanol–water partition coefficient (Wildman–Crippen LogP) is 3.00. The topological polar surface area (TPSA) is 75.2 Å². The second-order valence-corrected chi connectivity index (χ2v) is 6.57. The summed E-state index contributed by atoms with van der Waals surface area (Å²) in [6, 6.07) is 2.00. The van der Waals surface area contributed by atoms with Crippen LogP contribution in [0.4, 0.5) is 0 Å². The number of fused-ring (bicyclic) bond motifs is 1. The third-order valence-electron chi connectivity index (χ3n) is 3.51. The maximum absolute atomic E-state index is 10.9. The Morgan fingerprint density at radius 3 is 2.71 bits per heavy atom. The molecule has 0 aromatic carbocycles. The van der Waals surface area contributed by atoms with Crippen molar-refractivity contribution in [2.45, 2.75) is 19.3 Å². The van der Waals surface area contributed by atoms with Crippen LogP contribution in [0, 0.1) is 12.3 Å². The number of carbonyl (C=O) groups is 1. The molecule has 0 aliphatic carbocycles. The smallest absolute Gasteiger partial charge is 0.152 e. The van der Waals surface area contributed by atoms with E-state index in [0.717, 1.165) is 33.9 Å². The van der Waals surface area contributed by atoms with Gasteiger partial charge >= 0.3 is 0 Å². The zero-order chi connectivity index (χ0) is 17.7. The second kappa shape index (κ2) is 8.23. The Balaban J connectivity index is 0.000000198. The van der Waals surface area contributed by atoms with E-state index in [9.17, 15) is 4.79 Å². The third kappa shape index (κ3) is 3.75. The van der Waals surface area contributed by atoms with E-state index in [-0.39, 0.29) is 0 Å². The Bertz CT molecular complexity index is 848. The molecule has 0 saturated carbocycles. The molecule has 0 fully saturated rings. The van der Waals surface area contributed by atoms with E-state index >= 15 is 0 Å². The molecular formula is C16H20ClN5OS. The quantitative estimate of drug-likeness (QED) is 0.414. The number of aldehydes is 1. The number of hydrogen-bond acceptors (Lipinski definition) is 5. The molecule has 2 N–H and O–H groups in total. The van der Waals surface area contributed by atoms with Gasteiger partial charge in [0, 0.05) is 53.9 Å². The largest absolute Gasteiger partial charge is 0.314 e. The average molecular weight is 366 g/mol. The van der Waals surface area contributed by atoms with Gasteiger partial charge < -0.3 is 15.1 Å². The molecule has 0 radical (unpaired) electrons. The molecule has 0 aliphatic rings. The number of nitrogens with one attached hydrogen (secondary N) is 2. The molecule has 0 unspecified atom stereocenters. The van der Waals surface area contributed by atoms with E-state index in [0.29, 0.717) is 17.0 Å². The lowest BCUT2D eigenvalue weighted by Crippen LogP contribution is -2.05. The SMILES string of the molecule is CNCc1ccn(C)n1.Cc1c(C=O)c(C=N)c2sc(CCl)cn12. The Hall–Kier alpha value is -1.96. The van der Waals surface area contributed by atoms with Crippen molar-refractivity contribution in [2.24, 2.45) is 7.05 Å². The first-order valence-corrected chi connectivity index (χ1v) is 8.68. The molecule has 3 heterocycles. The predicted molar refractivity (Wildman–Crippen MR) is 98.8 cm³/mol. The van der Waals surface area contributed by atoms with Gasteiger partial charge in [-0.1, -0.05) is 0 Å². The summed E-state index contributed by atoms with van der Waals surface area (Å²) >= 11 is 7.27. The number of nitrogens with zero attached hydrogens (tertiary/aromatic N) is 3. The van der Waals surface area contributed by atoms with Crippen LogP contribution in [0.25, 0.3) is 4.83 Å². The summed E-state index contributed by atoms with van der Waals surface area (Å²) in [4.78, 5) is 12.8. The van der Waals surface area contributed by atoms with Crippen molar-refractivity contribution in [2.75, 3.05) is 7.05 Å². The zero-order valence-corrected chi connectivity index (χ0v) is 15.4. The van der Waals surface area contributed by atoms with Crippen molar-refractivity contribution in [1.29, 1.82) is 5.41 Å². The minimum Gasteiger partial charge on any atom is -0.314 e. The van der Waals surface area contributed by atoms with Crippen LogP contribution in [-0.2, 0) is 19.5 Å². The van der Waals surface area contributed by atoms with Crippen LogP contribution in [-0.4, -0.2) is 33.7 Å². The van der Waals surface area contributed by atoms with Gasteiger partial charge in [0.15, 0.2) is 6.29 Å². The first-order valence-electron chi connectivity index (χ1n) is 7.33. The summed E-state index contributed by atoms with van der Waals surface area (Å²) in [7, 11) is 3.83. The summed E-state index contributed by atoms with van der Waals surface area (Å²) in [6.45, 7) is 2.72. The highest BCUT2D eigenvalue weighted by Gasteiger charge is 2.15. The lowest BCUT2D eigenvalue weighted by atomic mass is 10.2. The molecular weight excluding hydrogens is 346 g/mol. The van der Waals surface area contributed by atoms with Gasteiger partial charge in [-0.2, -0.15) is 5.10 Å². The lowest BCUT2D eigenvalue weighted by Gasteiger charge is -1.91. The summed E-state index contributed by atoms with van der Waals surface area (Å²) in [5.41, 5.74) is 3.23. The van der Waals surface area contributed by atoms with Crippen LogP contribution in [0.2, 0.25) is 0 Å². The number of thiazole rings is 1. The van der Waals surface area contributed by atoms with E-state index in [1.165, 1.54) is 17.6 Å². The van der Waals surface area contributed by atoms with Gasteiger partial charge in [-0.3, -0.25) is 9.48 Å². The molecule has 3 aromatic rings. The van der Waals surface area contributed by atoms with Crippen LogP contribution in [0.3, 0.4) is 0 Å². The van der Waals surface area contributed by atoms with Gasteiger partial charge in [0.25, 0.3) is 0 Å². The Kier molecular flexibility index (Phi) is 6.30. The highest BCUT2D eigenvalue weighted by molar-refractivity contribution is 7.18. The highest BCUT2D eigenvalue weighted by atomic mass is 35.5. The fraction of sp³-hybridized carbons (Fsp3) is 0.312. The van der Waals surface area contributed by atoms with E-state index in [1.54, 1.807) is 4.68 Å². The maximum Gasteiger partial charge on any atom is 0.152 e. The minimum atomic E-state index is 0.458. The molecule has 3 aromatic heterocycles. The van der Waals surface area contributed by atoms with E-state index < -0.39 is 0 Å². The molecule has 128 valence electrons. The highest BCUT2D eigenvalue weighted by Crippen LogP contribution is 2.28. The van der Waals surface area contributed by atoms with Crippen LogP contribution < -0.4 is 5.32 Å². The van der Waals surface area contributed by atoms with Gasteiger partial charge in [-0.25, -0.2) is 0 Å². The molecule has 0 amide bonds. The maximum atomic E-state index is 10.9. The van der Waals surface area contributed by atoms with Gasteiger partial charge in [-0.05, 0) is 20.0 Å². The van der Waals surface area contributed by atoms with Crippen molar-refractivity contribution in [3.8, 4) is 0 Å². The van der Waals surface area contributed by atoms with Crippen molar-refractivity contribution in [3.63, 3.8) is 0 Å². The molecule has 0 saturated heterocycles. The van der Waals surface area contributed by atoms with Gasteiger partial charge in [-0.15, -0.1) is 22.9 Å². The number of halogens is 1. The number of aromatic nitrogens is 3. The van der Waals surface area contributed by atoms with E-state index in [2.05, 4.69) is 10.4 Å². The van der Waals surface area contributed by atoms with Gasteiger partial charge in [0.2, 0.25) is 0 Å². The van der Waals surface area contributed by atoms with Gasteiger partial charge in [0.1, 0.15) is 4.83 Å². The Labute approximate surface area is 149 Å². The standard InChI is InChI=1S/C10H9ClN2OS.C6H11N3/c1-6-9(5-14)8(3-12)10-13(6)4-7(2-11)15-10;1-7-5-6-3-4-9(2)8-6/h3-5,12H,2H2,1H3;3-4,7H,5H2,1-2H3. The lowest BCUT2D eigenvalue weighted by molar-refractivity contribution is 0.112. The number of carbonyl (C=O) groups excluding carboxylic acids is 1. The third-order valence-corrected chi connectivity index (χ3v) is 5.08. The van der Waals surface area contributed by atoms with Crippen molar-refractivity contribution in [1.82, 2.24) is 19.5 Å². The van der Waals surface area contributed by atoms with Crippen LogP contribution in [0.1, 0.15) is 32.2 Å². The summed E-state index contributed by atoms with van der Waals surface area (Å²) in [6.07, 6.45) is 5.88. The van der Waals surface area contributed by atoms with E-state index in [1.807, 2.05) is 43.9 Å². The molecule has 6 nitrogen and oxygen atoms in total. The number of aryl methyl sites for hydroxylation is 2. The number of rotatable bonds is 5. The molecule has 0 bridgehead atoms. The van der Waals surface area contributed by atoms with Crippen molar-refractivity contribution in [3.05, 3.63) is 45.9 Å².